The van der Waals surface area contributed by atoms with Gasteiger partial charge in [0.05, 0.1) is 24.1 Å². The van der Waals surface area contributed by atoms with Gasteiger partial charge in [-0.25, -0.2) is 8.42 Å². The number of rotatable bonds is 6. The van der Waals surface area contributed by atoms with Crippen molar-refractivity contribution in [3.8, 4) is 16.9 Å². The van der Waals surface area contributed by atoms with E-state index >= 15 is 0 Å². The molecule has 0 bridgehead atoms. The molecule has 2 aromatic carbocycles. The van der Waals surface area contributed by atoms with Crippen LogP contribution >= 0.6 is 15.9 Å². The normalized spacial score (nSPS) is 11.2. The lowest BCUT2D eigenvalue weighted by molar-refractivity contribution is -0.114. The Labute approximate surface area is 182 Å². The lowest BCUT2D eigenvalue weighted by Crippen LogP contribution is -2.14. The summed E-state index contributed by atoms with van der Waals surface area (Å²) in [6.07, 6.45) is 0. The van der Waals surface area contributed by atoms with E-state index in [1.807, 2.05) is 13.0 Å². The first-order chi connectivity index (χ1) is 14.1. The SMILES string of the molecule is COc1ccc(-c2c(C)noc2NC(C)=O)cc1S(=O)(=O)Nc1ccc(C)cc1Br. The van der Waals surface area contributed by atoms with E-state index in [9.17, 15) is 13.2 Å². The van der Waals surface area contributed by atoms with Crippen molar-refractivity contribution in [1.29, 1.82) is 0 Å². The monoisotopic (exact) mass is 493 g/mol. The van der Waals surface area contributed by atoms with Crippen LogP contribution in [0.4, 0.5) is 11.6 Å². The quantitative estimate of drug-likeness (QED) is 0.523. The van der Waals surface area contributed by atoms with Crippen molar-refractivity contribution in [2.24, 2.45) is 0 Å². The van der Waals surface area contributed by atoms with E-state index in [4.69, 9.17) is 9.26 Å². The molecule has 0 spiro atoms. The van der Waals surface area contributed by atoms with Gasteiger partial charge in [0.15, 0.2) is 0 Å². The largest absolute Gasteiger partial charge is 0.495 e. The van der Waals surface area contributed by atoms with Crippen molar-refractivity contribution in [2.45, 2.75) is 25.7 Å². The first kappa shape index (κ1) is 21.8. The maximum atomic E-state index is 13.2. The number of benzene rings is 2. The number of methoxy groups -OCH3 is 1. The molecule has 1 amide bonds. The minimum Gasteiger partial charge on any atom is -0.495 e. The Bertz CT molecular complexity index is 1220. The molecule has 1 aromatic heterocycles. The topological polar surface area (TPSA) is 111 Å². The molecule has 2 N–H and O–H groups in total. The van der Waals surface area contributed by atoms with Gasteiger partial charge in [0.25, 0.3) is 10.0 Å². The summed E-state index contributed by atoms with van der Waals surface area (Å²) in [4.78, 5) is 11.4. The number of anilines is 2. The molecule has 1 heterocycles. The summed E-state index contributed by atoms with van der Waals surface area (Å²) in [5.74, 6) is -0.0212. The van der Waals surface area contributed by atoms with E-state index < -0.39 is 10.0 Å². The molecule has 0 fully saturated rings. The lowest BCUT2D eigenvalue weighted by atomic mass is 10.1. The summed E-state index contributed by atoms with van der Waals surface area (Å²) in [6, 6.07) is 9.95. The number of halogens is 1. The Morgan fingerprint density at radius 3 is 2.53 bits per heavy atom. The minimum atomic E-state index is -4.00. The van der Waals surface area contributed by atoms with E-state index in [0.717, 1.165) is 5.56 Å². The van der Waals surface area contributed by atoms with Gasteiger partial charge < -0.3 is 9.26 Å². The fourth-order valence-electron chi connectivity index (χ4n) is 2.90. The summed E-state index contributed by atoms with van der Waals surface area (Å²) in [6.45, 7) is 4.95. The van der Waals surface area contributed by atoms with Crippen LogP contribution in [0.5, 0.6) is 5.75 Å². The third-order valence-corrected chi connectivity index (χ3v) is 6.31. The molecule has 0 unspecified atom stereocenters. The molecule has 30 heavy (non-hydrogen) atoms. The van der Waals surface area contributed by atoms with Crippen LogP contribution in [-0.4, -0.2) is 26.6 Å². The molecular weight excluding hydrogens is 474 g/mol. The number of hydrogen-bond donors (Lipinski definition) is 2. The number of aryl methyl sites for hydroxylation is 2. The van der Waals surface area contributed by atoms with Gasteiger partial charge in [0, 0.05) is 11.4 Å². The van der Waals surface area contributed by atoms with E-state index in [0.29, 0.717) is 27.0 Å². The number of nitrogens with one attached hydrogen (secondary N) is 2. The molecule has 8 nitrogen and oxygen atoms in total. The molecule has 0 aliphatic carbocycles. The predicted octanol–water partition coefficient (Wildman–Crippen LogP) is 4.49. The molecule has 3 aromatic rings. The number of hydrogen-bond acceptors (Lipinski definition) is 6. The van der Waals surface area contributed by atoms with Gasteiger partial charge in [-0.2, -0.15) is 0 Å². The Morgan fingerprint density at radius 2 is 1.90 bits per heavy atom. The first-order valence-corrected chi connectivity index (χ1v) is 11.1. The van der Waals surface area contributed by atoms with Gasteiger partial charge in [0.2, 0.25) is 11.8 Å². The molecule has 158 valence electrons. The Morgan fingerprint density at radius 1 is 1.17 bits per heavy atom. The number of carbonyl (C=O) groups is 1. The fraction of sp³-hybridized carbons (Fsp3) is 0.200. The summed E-state index contributed by atoms with van der Waals surface area (Å²) in [5, 5.41) is 6.44. The average Bonchev–Trinajstić information content (AvgIpc) is 3.03. The molecule has 3 rings (SSSR count). The van der Waals surface area contributed by atoms with Crippen LogP contribution in [0.25, 0.3) is 11.1 Å². The molecule has 0 saturated carbocycles. The van der Waals surface area contributed by atoms with Crippen molar-refractivity contribution < 1.29 is 22.5 Å². The third-order valence-electron chi connectivity index (χ3n) is 4.26. The highest BCUT2D eigenvalue weighted by atomic mass is 79.9. The molecule has 0 radical (unpaired) electrons. The fourth-order valence-corrected chi connectivity index (χ4v) is 4.90. The third kappa shape index (κ3) is 4.49. The van der Waals surface area contributed by atoms with E-state index in [2.05, 4.69) is 31.1 Å². The van der Waals surface area contributed by atoms with Gasteiger partial charge >= 0.3 is 0 Å². The van der Waals surface area contributed by atoms with Crippen molar-refractivity contribution in [1.82, 2.24) is 5.16 Å². The summed E-state index contributed by atoms with van der Waals surface area (Å²) < 4.78 is 40.0. The van der Waals surface area contributed by atoms with Gasteiger partial charge in [-0.15, -0.1) is 0 Å². The van der Waals surface area contributed by atoms with Crippen LogP contribution < -0.4 is 14.8 Å². The second kappa shape index (κ2) is 8.49. The number of aromatic nitrogens is 1. The zero-order valence-electron chi connectivity index (χ0n) is 16.7. The van der Waals surface area contributed by atoms with Crippen molar-refractivity contribution >= 4 is 43.4 Å². The van der Waals surface area contributed by atoms with E-state index in [-0.39, 0.29) is 22.4 Å². The minimum absolute atomic E-state index is 0.0654. The van der Waals surface area contributed by atoms with Crippen molar-refractivity contribution in [3.63, 3.8) is 0 Å². The number of ether oxygens (including phenoxy) is 1. The number of nitrogens with zero attached hydrogens (tertiary/aromatic N) is 1. The number of sulfonamides is 1. The second-order valence-electron chi connectivity index (χ2n) is 6.61. The van der Waals surface area contributed by atoms with E-state index in [1.54, 1.807) is 25.1 Å². The lowest BCUT2D eigenvalue weighted by Gasteiger charge is -2.14. The van der Waals surface area contributed by atoms with Gasteiger partial charge in [-0.05, 0) is 65.2 Å². The van der Waals surface area contributed by atoms with Crippen LogP contribution in [0, 0.1) is 13.8 Å². The predicted molar refractivity (Wildman–Crippen MR) is 117 cm³/mol. The zero-order chi connectivity index (χ0) is 22.1. The number of carbonyl (C=O) groups excluding carboxylic acids is 1. The Kier molecular flexibility index (Phi) is 6.18. The van der Waals surface area contributed by atoms with Crippen LogP contribution in [0.15, 0.2) is 50.3 Å². The maximum absolute atomic E-state index is 13.2. The number of amides is 1. The smallest absolute Gasteiger partial charge is 0.265 e. The second-order valence-corrected chi connectivity index (χ2v) is 9.11. The maximum Gasteiger partial charge on any atom is 0.265 e. The Hall–Kier alpha value is -2.85. The summed E-state index contributed by atoms with van der Waals surface area (Å²) in [5.41, 5.74) is 2.87. The standard InChI is InChI=1S/C20H20BrN3O5S/c1-11-5-7-16(15(21)9-11)24-30(26,27)18-10-14(6-8-17(18)28-4)19-12(2)23-29-20(19)22-13(3)25/h5-10,24H,1-4H3,(H,22,25). The summed E-state index contributed by atoms with van der Waals surface area (Å²) >= 11 is 3.38. The average molecular weight is 494 g/mol. The van der Waals surface area contributed by atoms with Crippen LogP contribution in [0.3, 0.4) is 0 Å². The van der Waals surface area contributed by atoms with E-state index in [1.165, 1.54) is 26.2 Å². The van der Waals surface area contributed by atoms with Gasteiger partial charge in [0.1, 0.15) is 10.6 Å². The van der Waals surface area contributed by atoms with Gasteiger partial charge in [-0.1, -0.05) is 17.3 Å². The molecule has 0 saturated heterocycles. The molecule has 0 aliphatic heterocycles. The van der Waals surface area contributed by atoms with Gasteiger partial charge in [-0.3, -0.25) is 14.8 Å². The van der Waals surface area contributed by atoms with Crippen LogP contribution in [-0.2, 0) is 14.8 Å². The summed E-state index contributed by atoms with van der Waals surface area (Å²) in [7, 11) is -2.61. The first-order valence-electron chi connectivity index (χ1n) is 8.83. The van der Waals surface area contributed by atoms with Crippen LogP contribution in [0.1, 0.15) is 18.2 Å². The zero-order valence-corrected chi connectivity index (χ0v) is 19.1. The molecular formula is C20H20BrN3O5S. The highest BCUT2D eigenvalue weighted by Crippen LogP contribution is 2.37. The van der Waals surface area contributed by atoms with Crippen molar-refractivity contribution in [3.05, 3.63) is 52.1 Å². The highest BCUT2D eigenvalue weighted by molar-refractivity contribution is 9.10. The molecule has 10 heteroatoms. The van der Waals surface area contributed by atoms with Crippen molar-refractivity contribution in [2.75, 3.05) is 17.1 Å². The Balaban J connectivity index is 2.09. The highest BCUT2D eigenvalue weighted by Gasteiger charge is 2.24. The molecule has 0 aliphatic rings. The molecule has 0 atom stereocenters. The van der Waals surface area contributed by atoms with Crippen LogP contribution in [0.2, 0.25) is 0 Å².